The first kappa shape index (κ1) is 18.0. The van der Waals surface area contributed by atoms with Crippen LogP contribution >= 0.6 is 0 Å². The number of amides is 2. The molecule has 0 saturated carbocycles. The number of benzene rings is 2. The van der Waals surface area contributed by atoms with Crippen molar-refractivity contribution in [1.29, 1.82) is 0 Å². The van der Waals surface area contributed by atoms with Crippen molar-refractivity contribution in [3.05, 3.63) is 59.7 Å². The summed E-state index contributed by atoms with van der Waals surface area (Å²) in [5.74, 6) is -0.363. The number of nitrogens with one attached hydrogen (secondary N) is 1. The van der Waals surface area contributed by atoms with E-state index in [0.29, 0.717) is 13.1 Å². The van der Waals surface area contributed by atoms with E-state index in [-0.39, 0.29) is 24.2 Å². The summed E-state index contributed by atoms with van der Waals surface area (Å²) < 4.78 is 0. The first-order valence-corrected chi connectivity index (χ1v) is 8.84. The van der Waals surface area contributed by atoms with E-state index in [1.165, 1.54) is 5.56 Å². The van der Waals surface area contributed by atoms with Crippen LogP contribution in [0, 0.1) is 12.8 Å². The summed E-state index contributed by atoms with van der Waals surface area (Å²) in [6.07, 6.45) is 0.271. The minimum absolute atomic E-state index is 0.0358. The number of hydrogen-bond acceptors (Lipinski definition) is 3. The largest absolute Gasteiger partial charge is 0.378 e. The third kappa shape index (κ3) is 4.23. The Hall–Kier alpha value is -2.82. The molecule has 136 valence electrons. The summed E-state index contributed by atoms with van der Waals surface area (Å²) in [5.41, 5.74) is 4.11. The SMILES string of the molecule is Cc1ccc(CN2C[C@H](C(=O)Nc3ccc(N(C)C)cc3)CC2=O)cc1. The minimum Gasteiger partial charge on any atom is -0.378 e. The van der Waals surface area contributed by atoms with Crippen LogP contribution in [0.2, 0.25) is 0 Å². The van der Waals surface area contributed by atoms with Gasteiger partial charge in [-0.3, -0.25) is 9.59 Å². The van der Waals surface area contributed by atoms with Gasteiger partial charge in [0.25, 0.3) is 0 Å². The van der Waals surface area contributed by atoms with Crippen LogP contribution in [0.15, 0.2) is 48.5 Å². The molecule has 5 heteroatoms. The highest BCUT2D eigenvalue weighted by atomic mass is 16.2. The molecular formula is C21H25N3O2. The molecule has 1 saturated heterocycles. The lowest BCUT2D eigenvalue weighted by Crippen LogP contribution is -2.28. The van der Waals surface area contributed by atoms with Crippen LogP contribution in [0.1, 0.15) is 17.5 Å². The van der Waals surface area contributed by atoms with Gasteiger partial charge in [0.1, 0.15) is 0 Å². The van der Waals surface area contributed by atoms with E-state index < -0.39 is 0 Å². The molecule has 2 aromatic rings. The van der Waals surface area contributed by atoms with Crippen LogP contribution in [-0.2, 0) is 16.1 Å². The zero-order valence-corrected chi connectivity index (χ0v) is 15.5. The van der Waals surface area contributed by atoms with E-state index in [4.69, 9.17) is 0 Å². The van der Waals surface area contributed by atoms with Gasteiger partial charge in [-0.05, 0) is 36.8 Å². The number of rotatable bonds is 5. The lowest BCUT2D eigenvalue weighted by Gasteiger charge is -2.17. The lowest BCUT2D eigenvalue weighted by atomic mass is 10.1. The summed E-state index contributed by atoms with van der Waals surface area (Å²) >= 11 is 0. The number of carbonyl (C=O) groups excluding carboxylic acids is 2. The van der Waals surface area contributed by atoms with Crippen molar-refractivity contribution in [2.45, 2.75) is 19.9 Å². The summed E-state index contributed by atoms with van der Waals surface area (Å²) in [6, 6.07) is 15.8. The Morgan fingerprint density at radius 1 is 1.12 bits per heavy atom. The quantitative estimate of drug-likeness (QED) is 0.901. The second-order valence-corrected chi connectivity index (χ2v) is 7.09. The molecule has 1 aliphatic heterocycles. The van der Waals surface area contributed by atoms with Gasteiger partial charge in [-0.25, -0.2) is 0 Å². The lowest BCUT2D eigenvalue weighted by molar-refractivity contribution is -0.128. The molecule has 0 spiro atoms. The van der Waals surface area contributed by atoms with Gasteiger partial charge in [-0.15, -0.1) is 0 Å². The molecule has 0 unspecified atom stereocenters. The predicted octanol–water partition coefficient (Wildman–Crippen LogP) is 3.05. The third-order valence-corrected chi connectivity index (χ3v) is 4.73. The van der Waals surface area contributed by atoms with Crippen molar-refractivity contribution in [2.75, 3.05) is 30.9 Å². The van der Waals surface area contributed by atoms with Crippen LogP contribution in [-0.4, -0.2) is 37.4 Å². The highest BCUT2D eigenvalue weighted by Crippen LogP contribution is 2.23. The van der Waals surface area contributed by atoms with E-state index >= 15 is 0 Å². The number of anilines is 2. The van der Waals surface area contributed by atoms with Gasteiger partial charge >= 0.3 is 0 Å². The van der Waals surface area contributed by atoms with E-state index in [2.05, 4.69) is 5.32 Å². The van der Waals surface area contributed by atoms with Gasteiger partial charge in [0, 0.05) is 45.0 Å². The summed E-state index contributed by atoms with van der Waals surface area (Å²) in [6.45, 7) is 3.06. The molecule has 1 fully saturated rings. The predicted molar refractivity (Wildman–Crippen MR) is 104 cm³/mol. The fraction of sp³-hybridized carbons (Fsp3) is 0.333. The van der Waals surface area contributed by atoms with E-state index in [1.807, 2.05) is 74.4 Å². The minimum atomic E-state index is -0.304. The Bertz CT molecular complexity index is 782. The van der Waals surface area contributed by atoms with Crippen molar-refractivity contribution in [3.8, 4) is 0 Å². The molecule has 0 bridgehead atoms. The fourth-order valence-electron chi connectivity index (χ4n) is 3.10. The molecule has 0 radical (unpaired) electrons. The second kappa shape index (κ2) is 7.60. The molecule has 1 heterocycles. The summed E-state index contributed by atoms with van der Waals surface area (Å²) in [7, 11) is 3.95. The van der Waals surface area contributed by atoms with E-state index in [1.54, 1.807) is 4.90 Å². The van der Waals surface area contributed by atoms with Gasteiger partial charge in [-0.2, -0.15) is 0 Å². The maximum Gasteiger partial charge on any atom is 0.229 e. The number of likely N-dealkylation sites (tertiary alicyclic amines) is 1. The molecule has 26 heavy (non-hydrogen) atoms. The van der Waals surface area contributed by atoms with Gasteiger partial charge in [-0.1, -0.05) is 29.8 Å². The Balaban J connectivity index is 1.58. The van der Waals surface area contributed by atoms with Crippen molar-refractivity contribution in [3.63, 3.8) is 0 Å². The topological polar surface area (TPSA) is 52.7 Å². The molecule has 1 aliphatic rings. The molecule has 1 atom stereocenters. The Kier molecular flexibility index (Phi) is 5.26. The molecule has 0 aromatic heterocycles. The number of carbonyl (C=O) groups is 2. The standard InChI is InChI=1S/C21H25N3O2/c1-15-4-6-16(7-5-15)13-24-14-17(12-20(24)25)21(26)22-18-8-10-19(11-9-18)23(2)3/h4-11,17H,12-14H2,1-3H3,(H,22,26)/t17-/m1/s1. The molecule has 3 rings (SSSR count). The van der Waals surface area contributed by atoms with Gasteiger partial charge in [0.2, 0.25) is 11.8 Å². The van der Waals surface area contributed by atoms with E-state index in [9.17, 15) is 9.59 Å². The number of aryl methyl sites for hydroxylation is 1. The van der Waals surface area contributed by atoms with Crippen LogP contribution in [0.3, 0.4) is 0 Å². The van der Waals surface area contributed by atoms with E-state index in [0.717, 1.165) is 16.9 Å². The highest BCUT2D eigenvalue weighted by Gasteiger charge is 2.34. The monoisotopic (exact) mass is 351 g/mol. The average Bonchev–Trinajstić information content (AvgIpc) is 2.98. The molecular weight excluding hydrogens is 326 g/mol. The van der Waals surface area contributed by atoms with Crippen molar-refractivity contribution in [2.24, 2.45) is 5.92 Å². The van der Waals surface area contributed by atoms with Crippen LogP contribution in [0.5, 0.6) is 0 Å². The molecule has 0 aliphatic carbocycles. The van der Waals surface area contributed by atoms with Crippen LogP contribution < -0.4 is 10.2 Å². The average molecular weight is 351 g/mol. The van der Waals surface area contributed by atoms with Gasteiger partial charge < -0.3 is 15.1 Å². The van der Waals surface area contributed by atoms with Crippen molar-refractivity contribution < 1.29 is 9.59 Å². The first-order chi connectivity index (χ1) is 12.4. The van der Waals surface area contributed by atoms with Crippen molar-refractivity contribution in [1.82, 2.24) is 4.90 Å². The Morgan fingerprint density at radius 3 is 2.38 bits per heavy atom. The smallest absolute Gasteiger partial charge is 0.229 e. The van der Waals surface area contributed by atoms with Crippen molar-refractivity contribution >= 4 is 23.2 Å². The Morgan fingerprint density at radius 2 is 1.77 bits per heavy atom. The Labute approximate surface area is 154 Å². The van der Waals surface area contributed by atoms with Crippen LogP contribution in [0.4, 0.5) is 11.4 Å². The zero-order valence-electron chi connectivity index (χ0n) is 15.5. The normalized spacial score (nSPS) is 16.7. The highest BCUT2D eigenvalue weighted by molar-refractivity contribution is 5.97. The molecule has 1 N–H and O–H groups in total. The molecule has 2 amide bonds. The molecule has 2 aromatic carbocycles. The maximum absolute atomic E-state index is 12.5. The number of hydrogen-bond donors (Lipinski definition) is 1. The third-order valence-electron chi connectivity index (χ3n) is 4.73. The fourth-order valence-corrected chi connectivity index (χ4v) is 3.10. The maximum atomic E-state index is 12.5. The van der Waals surface area contributed by atoms with Crippen LogP contribution in [0.25, 0.3) is 0 Å². The number of nitrogens with zero attached hydrogens (tertiary/aromatic N) is 2. The summed E-state index contributed by atoms with van der Waals surface area (Å²) in [4.78, 5) is 28.6. The summed E-state index contributed by atoms with van der Waals surface area (Å²) in [5, 5.41) is 2.93. The first-order valence-electron chi connectivity index (χ1n) is 8.84. The zero-order chi connectivity index (χ0) is 18.7. The second-order valence-electron chi connectivity index (χ2n) is 7.09. The van der Waals surface area contributed by atoms with Gasteiger partial charge in [0.15, 0.2) is 0 Å². The molecule has 5 nitrogen and oxygen atoms in total. The van der Waals surface area contributed by atoms with Gasteiger partial charge in [0.05, 0.1) is 5.92 Å².